The van der Waals surface area contributed by atoms with Crippen LogP contribution < -0.4 is 5.32 Å². The molecule has 17 heavy (non-hydrogen) atoms. The molecule has 1 aliphatic rings. The maximum absolute atomic E-state index is 12.1. The molecule has 1 aromatic carbocycles. The van der Waals surface area contributed by atoms with Crippen LogP contribution in [0, 0.1) is 5.92 Å². The Labute approximate surface area is 103 Å². The molecular weight excluding hydrogens is 210 g/mol. The smallest absolute Gasteiger partial charge is 0.224 e. The van der Waals surface area contributed by atoms with Gasteiger partial charge in [0.1, 0.15) is 0 Å². The molecular formula is C15H21NO. The van der Waals surface area contributed by atoms with Crippen LogP contribution in [0.3, 0.4) is 0 Å². The molecule has 0 saturated carbocycles. The molecule has 2 atom stereocenters. The standard InChI is InChI=1S/C15H21NO/c1-3-4-9-16-15(17)14-10-12-7-5-6-8-13(12)11(14)2/h5-8,11,14H,3-4,9-10H2,1-2H3,(H,16,17)/t11-,14+/m0/s1. The second-order valence-electron chi connectivity index (χ2n) is 4.94. The Bertz CT molecular complexity index is 400. The number of nitrogens with one attached hydrogen (secondary N) is 1. The van der Waals surface area contributed by atoms with Gasteiger partial charge >= 0.3 is 0 Å². The van der Waals surface area contributed by atoms with Crippen LogP contribution in [0.4, 0.5) is 0 Å². The lowest BCUT2D eigenvalue weighted by Crippen LogP contribution is -2.33. The van der Waals surface area contributed by atoms with Crippen molar-refractivity contribution in [2.24, 2.45) is 5.92 Å². The van der Waals surface area contributed by atoms with Gasteiger partial charge < -0.3 is 5.32 Å². The fourth-order valence-corrected chi connectivity index (χ4v) is 2.63. The second kappa shape index (κ2) is 5.35. The molecule has 0 unspecified atom stereocenters. The van der Waals surface area contributed by atoms with E-state index in [4.69, 9.17) is 0 Å². The topological polar surface area (TPSA) is 29.1 Å². The van der Waals surface area contributed by atoms with Gasteiger partial charge in [-0.1, -0.05) is 44.5 Å². The van der Waals surface area contributed by atoms with Gasteiger partial charge in [-0.05, 0) is 29.9 Å². The van der Waals surface area contributed by atoms with Gasteiger partial charge in [0.2, 0.25) is 5.91 Å². The highest BCUT2D eigenvalue weighted by Crippen LogP contribution is 2.37. The fourth-order valence-electron chi connectivity index (χ4n) is 2.63. The Balaban J connectivity index is 1.99. The summed E-state index contributed by atoms with van der Waals surface area (Å²) in [4.78, 5) is 12.1. The van der Waals surface area contributed by atoms with E-state index in [1.54, 1.807) is 0 Å². The molecule has 1 amide bonds. The summed E-state index contributed by atoms with van der Waals surface area (Å²) >= 11 is 0. The van der Waals surface area contributed by atoms with Crippen molar-refractivity contribution >= 4 is 5.91 Å². The second-order valence-corrected chi connectivity index (χ2v) is 4.94. The Morgan fingerprint density at radius 3 is 2.88 bits per heavy atom. The monoisotopic (exact) mass is 231 g/mol. The summed E-state index contributed by atoms with van der Waals surface area (Å²) in [7, 11) is 0. The van der Waals surface area contributed by atoms with Crippen LogP contribution in [0.25, 0.3) is 0 Å². The SMILES string of the molecule is CCCCNC(=O)[C@@H]1Cc2ccccc2[C@@H]1C. The summed E-state index contributed by atoms with van der Waals surface area (Å²) in [5.74, 6) is 0.708. The molecule has 1 N–H and O–H groups in total. The summed E-state index contributed by atoms with van der Waals surface area (Å²) in [6.45, 7) is 5.12. The predicted octanol–water partition coefficient (Wildman–Crippen LogP) is 2.88. The van der Waals surface area contributed by atoms with E-state index < -0.39 is 0 Å². The Kier molecular flexibility index (Phi) is 3.82. The zero-order chi connectivity index (χ0) is 12.3. The first-order valence-corrected chi connectivity index (χ1v) is 6.59. The highest BCUT2D eigenvalue weighted by molar-refractivity contribution is 5.81. The molecule has 1 aromatic rings. The van der Waals surface area contributed by atoms with Gasteiger partial charge in [0.15, 0.2) is 0 Å². The lowest BCUT2D eigenvalue weighted by Gasteiger charge is -2.15. The molecule has 0 radical (unpaired) electrons. The van der Waals surface area contributed by atoms with E-state index in [9.17, 15) is 4.79 Å². The molecule has 92 valence electrons. The minimum Gasteiger partial charge on any atom is -0.356 e. The summed E-state index contributed by atoms with van der Waals surface area (Å²) < 4.78 is 0. The molecule has 1 aliphatic carbocycles. The van der Waals surface area contributed by atoms with Crippen molar-refractivity contribution in [3.05, 3.63) is 35.4 Å². The van der Waals surface area contributed by atoms with Crippen LogP contribution in [0.1, 0.15) is 43.7 Å². The van der Waals surface area contributed by atoms with Crippen molar-refractivity contribution in [3.63, 3.8) is 0 Å². The largest absolute Gasteiger partial charge is 0.356 e. The Morgan fingerprint density at radius 2 is 2.18 bits per heavy atom. The van der Waals surface area contributed by atoms with Crippen molar-refractivity contribution in [1.29, 1.82) is 0 Å². The van der Waals surface area contributed by atoms with Crippen LogP contribution in [0.5, 0.6) is 0 Å². The van der Waals surface area contributed by atoms with E-state index in [-0.39, 0.29) is 11.8 Å². The average Bonchev–Trinajstić information content (AvgIpc) is 2.68. The first kappa shape index (κ1) is 12.2. The molecule has 0 spiro atoms. The zero-order valence-electron chi connectivity index (χ0n) is 10.7. The van der Waals surface area contributed by atoms with Crippen molar-refractivity contribution in [2.45, 2.75) is 39.0 Å². The van der Waals surface area contributed by atoms with Crippen molar-refractivity contribution in [1.82, 2.24) is 5.32 Å². The van der Waals surface area contributed by atoms with E-state index in [0.717, 1.165) is 25.8 Å². The molecule has 2 rings (SSSR count). The van der Waals surface area contributed by atoms with Crippen molar-refractivity contribution in [2.75, 3.05) is 6.54 Å². The molecule has 0 heterocycles. The normalized spacial score (nSPS) is 22.2. The quantitative estimate of drug-likeness (QED) is 0.793. The Morgan fingerprint density at radius 1 is 1.41 bits per heavy atom. The maximum atomic E-state index is 12.1. The molecule has 0 bridgehead atoms. The van der Waals surface area contributed by atoms with Gasteiger partial charge in [-0.3, -0.25) is 4.79 Å². The van der Waals surface area contributed by atoms with Gasteiger partial charge in [0.25, 0.3) is 0 Å². The third-order valence-electron chi connectivity index (χ3n) is 3.76. The van der Waals surface area contributed by atoms with E-state index >= 15 is 0 Å². The number of carbonyl (C=O) groups excluding carboxylic acids is 1. The van der Waals surface area contributed by atoms with Crippen LogP contribution in [-0.2, 0) is 11.2 Å². The summed E-state index contributed by atoms with van der Waals surface area (Å²) in [6, 6.07) is 8.42. The van der Waals surface area contributed by atoms with Gasteiger partial charge in [0, 0.05) is 12.5 Å². The summed E-state index contributed by atoms with van der Waals surface area (Å²) in [5.41, 5.74) is 2.69. The maximum Gasteiger partial charge on any atom is 0.224 e. The number of rotatable bonds is 4. The predicted molar refractivity (Wildman–Crippen MR) is 70.0 cm³/mol. The van der Waals surface area contributed by atoms with Gasteiger partial charge in [-0.25, -0.2) is 0 Å². The summed E-state index contributed by atoms with van der Waals surface area (Å²) in [5, 5.41) is 3.05. The number of unbranched alkanes of at least 4 members (excludes halogenated alkanes) is 1. The van der Waals surface area contributed by atoms with Crippen LogP contribution in [0.15, 0.2) is 24.3 Å². The number of hydrogen-bond donors (Lipinski definition) is 1. The number of carbonyl (C=O) groups is 1. The molecule has 2 heteroatoms. The highest BCUT2D eigenvalue weighted by Gasteiger charge is 2.33. The highest BCUT2D eigenvalue weighted by atomic mass is 16.1. The third-order valence-corrected chi connectivity index (χ3v) is 3.76. The molecule has 0 aromatic heterocycles. The number of amides is 1. The molecule has 0 fully saturated rings. The summed E-state index contributed by atoms with van der Waals surface area (Å²) in [6.07, 6.45) is 3.09. The van der Waals surface area contributed by atoms with Crippen molar-refractivity contribution in [3.8, 4) is 0 Å². The van der Waals surface area contributed by atoms with E-state index in [1.165, 1.54) is 11.1 Å². The van der Waals surface area contributed by atoms with E-state index in [2.05, 4.69) is 43.4 Å². The van der Waals surface area contributed by atoms with Gasteiger partial charge in [0.05, 0.1) is 0 Å². The average molecular weight is 231 g/mol. The van der Waals surface area contributed by atoms with Crippen LogP contribution in [-0.4, -0.2) is 12.5 Å². The fraction of sp³-hybridized carbons (Fsp3) is 0.533. The number of benzene rings is 1. The minimum absolute atomic E-state index is 0.129. The lowest BCUT2D eigenvalue weighted by molar-refractivity contribution is -0.125. The van der Waals surface area contributed by atoms with Gasteiger partial charge in [-0.2, -0.15) is 0 Å². The van der Waals surface area contributed by atoms with Gasteiger partial charge in [-0.15, -0.1) is 0 Å². The van der Waals surface area contributed by atoms with Crippen molar-refractivity contribution < 1.29 is 4.79 Å². The van der Waals surface area contributed by atoms with Crippen LogP contribution in [0.2, 0.25) is 0 Å². The zero-order valence-corrected chi connectivity index (χ0v) is 10.7. The first-order chi connectivity index (χ1) is 8.24. The lowest BCUT2D eigenvalue weighted by atomic mass is 9.94. The molecule has 0 aliphatic heterocycles. The first-order valence-electron chi connectivity index (χ1n) is 6.59. The van der Waals surface area contributed by atoms with Crippen LogP contribution >= 0.6 is 0 Å². The minimum atomic E-state index is 0.129. The third kappa shape index (κ3) is 2.51. The molecule has 2 nitrogen and oxygen atoms in total. The van der Waals surface area contributed by atoms with E-state index in [1.807, 2.05) is 0 Å². The molecule has 0 saturated heterocycles. The van der Waals surface area contributed by atoms with E-state index in [0.29, 0.717) is 5.92 Å². The number of fused-ring (bicyclic) bond motifs is 1. The number of hydrogen-bond acceptors (Lipinski definition) is 1. The Hall–Kier alpha value is -1.31.